The van der Waals surface area contributed by atoms with Crippen LogP contribution in [-0.2, 0) is 9.59 Å². The van der Waals surface area contributed by atoms with Gasteiger partial charge in [-0.2, -0.15) is 0 Å². The summed E-state index contributed by atoms with van der Waals surface area (Å²) < 4.78 is 0. The van der Waals surface area contributed by atoms with Gasteiger partial charge in [-0.1, -0.05) is 52.7 Å². The predicted molar refractivity (Wildman–Crippen MR) is 97.6 cm³/mol. The number of ketones is 2. The molecule has 0 aromatic rings. The normalized spacial score (nSPS) is 26.6. The molecule has 0 amide bonds. The fourth-order valence-electron chi connectivity index (χ4n) is 3.35. The zero-order valence-electron chi connectivity index (χ0n) is 16.2. The van der Waals surface area contributed by atoms with E-state index < -0.39 is 17.4 Å². The number of rotatable bonds is 7. The van der Waals surface area contributed by atoms with Crippen molar-refractivity contribution >= 4 is 11.6 Å². The number of hydrogen-bond acceptors (Lipinski definition) is 4. The van der Waals surface area contributed by atoms with Gasteiger partial charge in [0, 0.05) is 19.2 Å². The molecule has 0 bridgehead atoms. The van der Waals surface area contributed by atoms with Gasteiger partial charge in [0.05, 0.1) is 11.6 Å². The minimum absolute atomic E-state index is 0.121. The zero-order chi connectivity index (χ0) is 18.7. The Balaban J connectivity index is 3.42. The summed E-state index contributed by atoms with van der Waals surface area (Å²) in [6, 6.07) is -0.435. The van der Waals surface area contributed by atoms with Crippen molar-refractivity contribution in [1.82, 2.24) is 4.90 Å². The molecule has 0 fully saturated rings. The summed E-state index contributed by atoms with van der Waals surface area (Å²) in [5.41, 5.74) is -0.504. The van der Waals surface area contributed by atoms with Gasteiger partial charge in [-0.15, -0.1) is 0 Å². The molecule has 4 heteroatoms. The average Bonchev–Trinajstić information content (AvgIpc) is 2.48. The van der Waals surface area contributed by atoms with Gasteiger partial charge in [-0.3, -0.25) is 9.59 Å². The van der Waals surface area contributed by atoms with E-state index in [4.69, 9.17) is 0 Å². The highest BCUT2D eigenvalue weighted by molar-refractivity contribution is 6.23. The molecule has 1 N–H and O–H groups in total. The van der Waals surface area contributed by atoms with Crippen molar-refractivity contribution in [3.63, 3.8) is 0 Å². The number of carbonyl (C=O) groups is 2. The summed E-state index contributed by atoms with van der Waals surface area (Å²) in [6.45, 7) is 14.3. The first-order chi connectivity index (χ1) is 11.1. The van der Waals surface area contributed by atoms with E-state index in [9.17, 15) is 14.7 Å². The van der Waals surface area contributed by atoms with Crippen molar-refractivity contribution in [2.45, 2.75) is 73.0 Å². The standard InChI is InChI=1S/C20H33NO3/c1-8-14(5)10-15(6)18-20(7,24)19(23)16(17(22)9-2)12-21(18)11-13(3)4/h10,12-14,18,24H,8-9,11H2,1-7H3/b15-10+. The lowest BCUT2D eigenvalue weighted by molar-refractivity contribution is -0.140. The molecule has 0 aromatic heterocycles. The maximum absolute atomic E-state index is 12.8. The third kappa shape index (κ3) is 4.35. The van der Waals surface area contributed by atoms with Crippen molar-refractivity contribution < 1.29 is 14.7 Å². The molecule has 1 aliphatic heterocycles. The van der Waals surface area contributed by atoms with Crippen LogP contribution in [-0.4, -0.2) is 39.8 Å². The molecule has 4 nitrogen and oxygen atoms in total. The zero-order valence-corrected chi connectivity index (χ0v) is 16.2. The minimum Gasteiger partial charge on any atom is -0.379 e. The highest BCUT2D eigenvalue weighted by Gasteiger charge is 2.48. The molecule has 0 spiro atoms. The van der Waals surface area contributed by atoms with E-state index >= 15 is 0 Å². The lowest BCUT2D eigenvalue weighted by Gasteiger charge is -2.45. The SMILES string of the molecule is CCC(=O)C1=CN(CC(C)C)C(/C(C)=C/C(C)CC)C(C)(O)C1=O. The third-order valence-corrected chi connectivity index (χ3v) is 4.68. The van der Waals surface area contributed by atoms with Gasteiger partial charge < -0.3 is 10.0 Å². The Labute approximate surface area is 146 Å². The molecule has 1 heterocycles. The molecule has 0 radical (unpaired) electrons. The van der Waals surface area contributed by atoms with E-state index in [1.54, 1.807) is 13.1 Å². The van der Waals surface area contributed by atoms with Gasteiger partial charge in [0.15, 0.2) is 5.78 Å². The average molecular weight is 335 g/mol. The van der Waals surface area contributed by atoms with E-state index in [1.165, 1.54) is 6.92 Å². The van der Waals surface area contributed by atoms with Gasteiger partial charge in [0.25, 0.3) is 0 Å². The second-order valence-corrected chi connectivity index (χ2v) is 7.59. The van der Waals surface area contributed by atoms with Gasteiger partial charge in [-0.05, 0) is 25.7 Å². The lowest BCUT2D eigenvalue weighted by Crippen LogP contribution is -2.59. The van der Waals surface area contributed by atoms with Crippen LogP contribution in [0.2, 0.25) is 0 Å². The van der Waals surface area contributed by atoms with Crippen molar-refractivity contribution in [2.24, 2.45) is 11.8 Å². The van der Waals surface area contributed by atoms with E-state index in [1.807, 2.05) is 11.8 Å². The number of Topliss-reactive ketones (excluding diaryl/α,β-unsaturated/α-hetero) is 2. The van der Waals surface area contributed by atoms with Gasteiger partial charge >= 0.3 is 0 Å². The summed E-state index contributed by atoms with van der Waals surface area (Å²) in [5, 5.41) is 11.0. The second kappa shape index (κ2) is 8.11. The summed E-state index contributed by atoms with van der Waals surface area (Å²) >= 11 is 0. The van der Waals surface area contributed by atoms with Crippen molar-refractivity contribution in [1.29, 1.82) is 0 Å². The Morgan fingerprint density at radius 2 is 1.96 bits per heavy atom. The van der Waals surface area contributed by atoms with Crippen molar-refractivity contribution in [3.05, 3.63) is 23.4 Å². The largest absolute Gasteiger partial charge is 0.379 e. The number of nitrogens with zero attached hydrogens (tertiary/aromatic N) is 1. The smallest absolute Gasteiger partial charge is 0.201 e. The maximum Gasteiger partial charge on any atom is 0.201 e. The molecule has 0 saturated heterocycles. The van der Waals surface area contributed by atoms with Crippen LogP contribution in [0.5, 0.6) is 0 Å². The third-order valence-electron chi connectivity index (χ3n) is 4.68. The van der Waals surface area contributed by atoms with Crippen molar-refractivity contribution in [3.8, 4) is 0 Å². The van der Waals surface area contributed by atoms with Crippen LogP contribution in [0, 0.1) is 11.8 Å². The molecule has 0 saturated carbocycles. The molecular formula is C20H33NO3. The molecule has 24 heavy (non-hydrogen) atoms. The summed E-state index contributed by atoms with van der Waals surface area (Å²) in [6.07, 6.45) is 5.06. The summed E-state index contributed by atoms with van der Waals surface area (Å²) in [5.74, 6) is 0.0499. The first-order valence-corrected chi connectivity index (χ1v) is 9.02. The van der Waals surface area contributed by atoms with Crippen LogP contribution in [0.25, 0.3) is 0 Å². The second-order valence-electron chi connectivity index (χ2n) is 7.59. The molecule has 136 valence electrons. The fourth-order valence-corrected chi connectivity index (χ4v) is 3.35. The highest BCUT2D eigenvalue weighted by Crippen LogP contribution is 2.33. The topological polar surface area (TPSA) is 57.6 Å². The van der Waals surface area contributed by atoms with Crippen molar-refractivity contribution in [2.75, 3.05) is 6.54 Å². The Hall–Kier alpha value is -1.42. The summed E-state index contributed by atoms with van der Waals surface area (Å²) in [4.78, 5) is 26.9. The van der Waals surface area contributed by atoms with Crippen LogP contribution < -0.4 is 0 Å². The first kappa shape index (κ1) is 20.6. The highest BCUT2D eigenvalue weighted by atomic mass is 16.3. The quantitative estimate of drug-likeness (QED) is 0.571. The van der Waals surface area contributed by atoms with Gasteiger partial charge in [0.2, 0.25) is 5.78 Å². The molecule has 0 aromatic carbocycles. The van der Waals surface area contributed by atoms with Crippen LogP contribution in [0.4, 0.5) is 0 Å². The monoisotopic (exact) mass is 335 g/mol. The number of hydrogen-bond donors (Lipinski definition) is 1. The number of carbonyl (C=O) groups excluding carboxylic acids is 2. The number of aliphatic hydroxyl groups is 1. The Kier molecular flexibility index (Phi) is 6.97. The van der Waals surface area contributed by atoms with Gasteiger partial charge in [0.1, 0.15) is 5.60 Å². The summed E-state index contributed by atoms with van der Waals surface area (Å²) in [7, 11) is 0. The van der Waals surface area contributed by atoms with E-state index in [0.29, 0.717) is 18.4 Å². The van der Waals surface area contributed by atoms with E-state index in [-0.39, 0.29) is 17.8 Å². The first-order valence-electron chi connectivity index (χ1n) is 9.02. The number of allylic oxidation sites excluding steroid dienone is 1. The molecule has 3 atom stereocenters. The van der Waals surface area contributed by atoms with E-state index in [0.717, 1.165) is 12.0 Å². The molecule has 3 unspecified atom stereocenters. The minimum atomic E-state index is -1.60. The molecular weight excluding hydrogens is 302 g/mol. The Bertz CT molecular complexity index is 543. The Morgan fingerprint density at radius 1 is 1.38 bits per heavy atom. The Morgan fingerprint density at radius 3 is 2.42 bits per heavy atom. The predicted octanol–water partition coefficient (Wildman–Crippen LogP) is 3.50. The van der Waals surface area contributed by atoms with Crippen LogP contribution in [0.15, 0.2) is 23.4 Å². The fraction of sp³-hybridized carbons (Fsp3) is 0.700. The van der Waals surface area contributed by atoms with Crippen LogP contribution in [0.3, 0.4) is 0 Å². The van der Waals surface area contributed by atoms with Crippen LogP contribution in [0.1, 0.15) is 61.3 Å². The lowest BCUT2D eigenvalue weighted by atomic mass is 9.78. The van der Waals surface area contributed by atoms with E-state index in [2.05, 4.69) is 33.8 Å². The molecule has 0 aliphatic carbocycles. The molecule has 1 rings (SSSR count). The maximum atomic E-state index is 12.8. The molecule has 1 aliphatic rings. The van der Waals surface area contributed by atoms with Crippen LogP contribution >= 0.6 is 0 Å². The van der Waals surface area contributed by atoms with Gasteiger partial charge in [-0.25, -0.2) is 0 Å².